The fraction of sp³-hybridized carbons (Fsp3) is 0.250. The molecule has 0 aromatic heterocycles. The van der Waals surface area contributed by atoms with E-state index in [4.69, 9.17) is 35.0 Å². The summed E-state index contributed by atoms with van der Waals surface area (Å²) in [7, 11) is 9.75. The number of nitrogens with one attached hydrogen (secondary N) is 2. The van der Waals surface area contributed by atoms with Crippen molar-refractivity contribution in [2.75, 3.05) is 6.61 Å². The zero-order chi connectivity index (χ0) is 11.0. The number of ether oxygens (including phenoxy) is 1. The van der Waals surface area contributed by atoms with Gasteiger partial charge < -0.3 is 16.2 Å². The van der Waals surface area contributed by atoms with Gasteiger partial charge in [-0.2, -0.15) is 11.4 Å². The Morgan fingerprint density at radius 2 is 1.86 bits per heavy atom. The first-order chi connectivity index (χ1) is 6.65. The predicted octanol–water partition coefficient (Wildman–Crippen LogP) is 4.83. The van der Waals surface area contributed by atoms with E-state index in [9.17, 15) is 0 Å². The molecule has 6 heteroatoms. The Labute approximate surface area is 100 Å². The van der Waals surface area contributed by atoms with Gasteiger partial charge >= 0.3 is 35.3 Å². The van der Waals surface area contributed by atoms with Gasteiger partial charge in [0.15, 0.2) is 0 Å². The second-order valence-electron chi connectivity index (χ2n) is 2.19. The fourth-order valence-electron chi connectivity index (χ4n) is 0.780. The molecule has 0 fully saturated rings. The average Bonchev–Trinajstić information content (AvgIpc) is 2.13. The predicted molar refractivity (Wildman–Crippen MR) is 57.3 cm³/mol. The molecule has 0 saturated heterocycles. The monoisotopic (exact) mass is 415 g/mol. The van der Waals surface area contributed by atoms with Crippen LogP contribution in [0.1, 0.15) is 6.92 Å². The molecule has 0 heterocycles. The molecule has 0 spiro atoms. The first kappa shape index (κ1) is 13.9. The first-order valence-electron chi connectivity index (χ1n) is 3.68. The van der Waals surface area contributed by atoms with Crippen molar-refractivity contribution in [2.45, 2.75) is 6.92 Å². The van der Waals surface area contributed by atoms with E-state index < -0.39 is 16.5 Å². The molecule has 2 N–H and O–H groups in total. The molecular formula is C8H10Cl2N2OPt. The van der Waals surface area contributed by atoms with Gasteiger partial charge in [-0.1, -0.05) is 6.07 Å². The molecule has 1 aromatic carbocycles. The summed E-state index contributed by atoms with van der Waals surface area (Å²) in [4.78, 5) is 0. The maximum atomic E-state index is 7.27. The number of hydrogen-bond acceptors (Lipinski definition) is 1. The molecule has 1 rings (SSSR count). The van der Waals surface area contributed by atoms with Crippen molar-refractivity contribution < 1.29 is 21.2 Å². The summed E-state index contributed by atoms with van der Waals surface area (Å²) in [5.41, 5.74) is 14.9. The van der Waals surface area contributed by atoms with E-state index in [1.165, 1.54) is 0 Å². The van der Waals surface area contributed by atoms with E-state index in [1.807, 2.05) is 6.92 Å². The Bertz CT molecular complexity index is 274. The SMILES string of the molecule is CCOc1ccc([NH-])c([NH-])c1.[Cl][Pt+2][Cl]. The van der Waals surface area contributed by atoms with Gasteiger partial charge in [0.25, 0.3) is 0 Å². The van der Waals surface area contributed by atoms with Gasteiger partial charge in [-0.05, 0) is 19.1 Å². The van der Waals surface area contributed by atoms with Crippen LogP contribution in [0, 0.1) is 0 Å². The summed E-state index contributed by atoms with van der Waals surface area (Å²) >= 11 is -0.472. The molecule has 0 atom stereocenters. The Balaban J connectivity index is 0.000000500. The van der Waals surface area contributed by atoms with Crippen molar-refractivity contribution in [3.05, 3.63) is 29.7 Å². The van der Waals surface area contributed by atoms with Gasteiger partial charge in [0.1, 0.15) is 5.75 Å². The molecule has 82 valence electrons. The summed E-state index contributed by atoms with van der Waals surface area (Å²) in [6.45, 7) is 2.48. The van der Waals surface area contributed by atoms with Crippen molar-refractivity contribution in [3.63, 3.8) is 0 Å². The molecule has 0 saturated carbocycles. The number of halogens is 2. The molecule has 14 heavy (non-hydrogen) atoms. The van der Waals surface area contributed by atoms with Crippen molar-refractivity contribution in [2.24, 2.45) is 0 Å². The van der Waals surface area contributed by atoms with E-state index in [0.29, 0.717) is 12.4 Å². The molecular weight excluding hydrogens is 406 g/mol. The van der Waals surface area contributed by atoms with Crippen LogP contribution in [-0.2, 0) is 16.5 Å². The van der Waals surface area contributed by atoms with E-state index >= 15 is 0 Å². The van der Waals surface area contributed by atoms with E-state index in [-0.39, 0.29) is 11.4 Å². The Hall–Kier alpha value is -0.112. The number of rotatable bonds is 2. The zero-order valence-electron chi connectivity index (χ0n) is 7.42. The summed E-state index contributed by atoms with van der Waals surface area (Å²) in [5.74, 6) is 0.661. The van der Waals surface area contributed by atoms with Crippen LogP contribution < -0.4 is 4.74 Å². The molecule has 0 amide bonds. The normalized spacial score (nSPS) is 9.07. The second-order valence-corrected chi connectivity index (χ2v) is 5.47. The van der Waals surface area contributed by atoms with E-state index in [0.717, 1.165) is 0 Å². The topological polar surface area (TPSA) is 56.8 Å². The van der Waals surface area contributed by atoms with Gasteiger partial charge in [0.05, 0.1) is 6.61 Å². The Kier molecular flexibility index (Phi) is 8.15. The number of hydrogen-bond donors (Lipinski definition) is 0. The summed E-state index contributed by atoms with van der Waals surface area (Å²) in [6, 6.07) is 4.81. The third kappa shape index (κ3) is 5.58. The fourth-order valence-corrected chi connectivity index (χ4v) is 0.780. The quantitative estimate of drug-likeness (QED) is 0.682. The van der Waals surface area contributed by atoms with Crippen molar-refractivity contribution in [1.29, 1.82) is 0 Å². The van der Waals surface area contributed by atoms with Crippen LogP contribution in [-0.4, -0.2) is 6.61 Å². The number of benzene rings is 1. The summed E-state index contributed by atoms with van der Waals surface area (Å²) in [5, 5.41) is 0. The van der Waals surface area contributed by atoms with Crippen LogP contribution in [0.15, 0.2) is 18.2 Å². The van der Waals surface area contributed by atoms with Crippen LogP contribution in [0.4, 0.5) is 11.4 Å². The third-order valence-electron chi connectivity index (χ3n) is 1.30. The minimum atomic E-state index is -0.472. The molecule has 1 aromatic rings. The second kappa shape index (κ2) is 8.22. The van der Waals surface area contributed by atoms with Crippen LogP contribution in [0.2, 0.25) is 0 Å². The molecule has 0 aliphatic heterocycles. The molecule has 0 aliphatic rings. The average molecular weight is 416 g/mol. The van der Waals surface area contributed by atoms with Gasteiger partial charge in [0.2, 0.25) is 0 Å². The van der Waals surface area contributed by atoms with Crippen molar-refractivity contribution in [3.8, 4) is 5.75 Å². The van der Waals surface area contributed by atoms with E-state index in [1.54, 1.807) is 18.2 Å². The Morgan fingerprint density at radius 1 is 1.29 bits per heavy atom. The molecule has 0 aliphatic carbocycles. The van der Waals surface area contributed by atoms with Gasteiger partial charge in [-0.3, -0.25) is 0 Å². The van der Waals surface area contributed by atoms with Crippen LogP contribution in [0.3, 0.4) is 0 Å². The maximum absolute atomic E-state index is 7.27. The standard InChI is InChI=1S/C8H10N2O.2ClH.Pt/c1-2-11-6-3-4-7(9)8(10)5-6;;;/h3-5,9-10H,2H2,1H3;2*1H;/q-2;;;+4/p-2. The van der Waals surface area contributed by atoms with Crippen molar-refractivity contribution in [1.82, 2.24) is 0 Å². The first-order valence-corrected chi connectivity index (χ1v) is 9.31. The van der Waals surface area contributed by atoms with Crippen molar-refractivity contribution >= 4 is 30.2 Å². The summed E-state index contributed by atoms with van der Waals surface area (Å²) in [6.07, 6.45) is 0. The van der Waals surface area contributed by atoms with Crippen LogP contribution >= 0.6 is 18.8 Å². The van der Waals surface area contributed by atoms with Crippen LogP contribution in [0.5, 0.6) is 5.75 Å². The van der Waals surface area contributed by atoms with Gasteiger partial charge in [-0.15, -0.1) is 0 Å². The van der Waals surface area contributed by atoms with Gasteiger partial charge in [-0.25, -0.2) is 0 Å². The third-order valence-corrected chi connectivity index (χ3v) is 1.30. The van der Waals surface area contributed by atoms with Crippen LogP contribution in [0.25, 0.3) is 11.5 Å². The molecule has 0 unspecified atom stereocenters. The Morgan fingerprint density at radius 3 is 2.29 bits per heavy atom. The summed E-state index contributed by atoms with van der Waals surface area (Å²) < 4.78 is 5.14. The zero-order valence-corrected chi connectivity index (χ0v) is 11.2. The van der Waals surface area contributed by atoms with Gasteiger partial charge in [0, 0.05) is 0 Å². The molecule has 3 nitrogen and oxygen atoms in total. The minimum absolute atomic E-state index is 0.205. The van der Waals surface area contributed by atoms with E-state index in [2.05, 4.69) is 0 Å². The molecule has 0 radical (unpaired) electrons. The molecule has 0 bridgehead atoms.